The summed E-state index contributed by atoms with van der Waals surface area (Å²) in [5.41, 5.74) is 1.31. The minimum absolute atomic E-state index is 0.186. The Bertz CT molecular complexity index is 299. The van der Waals surface area contributed by atoms with Crippen LogP contribution in [-0.4, -0.2) is 18.9 Å². The molecule has 1 fully saturated rings. The zero-order chi connectivity index (χ0) is 9.97. The highest BCUT2D eigenvalue weighted by atomic mass is 79.9. The molecule has 1 aromatic carbocycles. The summed E-state index contributed by atoms with van der Waals surface area (Å²) in [4.78, 5) is 0. The smallest absolute Gasteiger partial charge is 0.112 e. The molecule has 0 spiro atoms. The summed E-state index contributed by atoms with van der Waals surface area (Å²) >= 11 is 3.42. The van der Waals surface area contributed by atoms with E-state index in [4.69, 9.17) is 4.74 Å². The number of benzene rings is 1. The molecule has 0 amide bonds. The summed E-state index contributed by atoms with van der Waals surface area (Å²) in [6, 6.07) is 8.85. The van der Waals surface area contributed by atoms with Gasteiger partial charge in [-0.15, -0.1) is 0 Å². The number of ether oxygens (including phenoxy) is 1. The molecule has 1 aliphatic heterocycles. The van der Waals surface area contributed by atoms with Crippen molar-refractivity contribution in [2.75, 3.05) is 6.61 Å². The molecule has 2 rings (SSSR count). The maximum Gasteiger partial charge on any atom is 0.112 e. The first kappa shape index (κ1) is 10.1. The zero-order valence-corrected chi connectivity index (χ0v) is 9.75. The second-order valence-corrected chi connectivity index (χ2v) is 4.64. The molecule has 0 radical (unpaired) electrons. The summed E-state index contributed by atoms with van der Waals surface area (Å²) in [6.45, 7) is 2.96. The van der Waals surface area contributed by atoms with E-state index in [1.54, 1.807) is 0 Å². The van der Waals surface area contributed by atoms with Gasteiger partial charge in [-0.1, -0.05) is 28.1 Å². The molecule has 3 heteroatoms. The van der Waals surface area contributed by atoms with Crippen molar-refractivity contribution in [3.63, 3.8) is 0 Å². The van der Waals surface area contributed by atoms with Gasteiger partial charge in [-0.25, -0.2) is 0 Å². The second-order valence-electron chi connectivity index (χ2n) is 3.72. The fraction of sp³-hybridized carbons (Fsp3) is 0.455. The lowest BCUT2D eigenvalue weighted by Gasteiger charge is -2.10. The number of halogens is 1. The van der Waals surface area contributed by atoms with Crippen LogP contribution in [-0.2, 0) is 11.2 Å². The third-order valence-electron chi connectivity index (χ3n) is 2.35. The lowest BCUT2D eigenvalue weighted by Crippen LogP contribution is -2.29. The SMILES string of the molecule is CC1COC(Cc2ccc(Br)cc2)N1. The Morgan fingerprint density at radius 2 is 2.14 bits per heavy atom. The van der Waals surface area contributed by atoms with Gasteiger partial charge in [0.05, 0.1) is 6.61 Å². The molecule has 2 nitrogen and oxygen atoms in total. The van der Waals surface area contributed by atoms with Crippen molar-refractivity contribution in [3.05, 3.63) is 34.3 Å². The van der Waals surface area contributed by atoms with Crippen molar-refractivity contribution < 1.29 is 4.74 Å². The Morgan fingerprint density at radius 3 is 2.71 bits per heavy atom. The van der Waals surface area contributed by atoms with Gasteiger partial charge in [0.1, 0.15) is 6.23 Å². The molecule has 14 heavy (non-hydrogen) atoms. The van der Waals surface area contributed by atoms with Gasteiger partial charge in [0.2, 0.25) is 0 Å². The molecule has 76 valence electrons. The zero-order valence-electron chi connectivity index (χ0n) is 8.16. The average Bonchev–Trinajstić information content (AvgIpc) is 2.56. The number of hydrogen-bond acceptors (Lipinski definition) is 2. The summed E-state index contributed by atoms with van der Waals surface area (Å²) in [7, 11) is 0. The number of rotatable bonds is 2. The first-order valence-electron chi connectivity index (χ1n) is 4.86. The van der Waals surface area contributed by atoms with Crippen LogP contribution in [0.4, 0.5) is 0 Å². The van der Waals surface area contributed by atoms with Crippen LogP contribution in [0.5, 0.6) is 0 Å². The summed E-state index contributed by atoms with van der Waals surface area (Å²) < 4.78 is 6.70. The Hall–Kier alpha value is -0.380. The largest absolute Gasteiger partial charge is 0.361 e. The lowest BCUT2D eigenvalue weighted by atomic mass is 10.1. The van der Waals surface area contributed by atoms with Gasteiger partial charge in [0, 0.05) is 16.9 Å². The molecule has 1 aromatic rings. The first-order valence-corrected chi connectivity index (χ1v) is 5.65. The summed E-state index contributed by atoms with van der Waals surface area (Å²) in [5, 5.41) is 3.38. The van der Waals surface area contributed by atoms with Gasteiger partial charge < -0.3 is 4.74 Å². The van der Waals surface area contributed by atoms with Gasteiger partial charge in [0.15, 0.2) is 0 Å². The van der Waals surface area contributed by atoms with Gasteiger partial charge in [-0.3, -0.25) is 5.32 Å². The Morgan fingerprint density at radius 1 is 1.43 bits per heavy atom. The Balaban J connectivity index is 1.94. The van der Waals surface area contributed by atoms with Gasteiger partial charge in [-0.05, 0) is 24.6 Å². The third kappa shape index (κ3) is 2.56. The van der Waals surface area contributed by atoms with Gasteiger partial charge in [0.25, 0.3) is 0 Å². The number of nitrogens with one attached hydrogen (secondary N) is 1. The van der Waals surface area contributed by atoms with Crippen LogP contribution in [0.2, 0.25) is 0 Å². The van der Waals surface area contributed by atoms with Crippen molar-refractivity contribution in [1.29, 1.82) is 0 Å². The minimum atomic E-state index is 0.186. The lowest BCUT2D eigenvalue weighted by molar-refractivity contribution is 0.101. The van der Waals surface area contributed by atoms with Crippen LogP contribution >= 0.6 is 15.9 Å². The quantitative estimate of drug-likeness (QED) is 0.876. The van der Waals surface area contributed by atoms with Crippen LogP contribution < -0.4 is 5.32 Å². The molecule has 1 aliphatic rings. The standard InChI is InChI=1S/C11H14BrNO/c1-8-7-14-11(13-8)6-9-2-4-10(12)5-3-9/h2-5,8,11,13H,6-7H2,1H3. The molecular weight excluding hydrogens is 242 g/mol. The van der Waals surface area contributed by atoms with Gasteiger partial charge in [-0.2, -0.15) is 0 Å². The van der Waals surface area contributed by atoms with E-state index in [2.05, 4.69) is 52.4 Å². The van der Waals surface area contributed by atoms with E-state index >= 15 is 0 Å². The van der Waals surface area contributed by atoms with E-state index in [9.17, 15) is 0 Å². The monoisotopic (exact) mass is 255 g/mol. The molecule has 1 N–H and O–H groups in total. The average molecular weight is 256 g/mol. The molecule has 1 heterocycles. The highest BCUT2D eigenvalue weighted by molar-refractivity contribution is 9.10. The summed E-state index contributed by atoms with van der Waals surface area (Å²) in [6.07, 6.45) is 1.13. The first-order chi connectivity index (χ1) is 6.74. The van der Waals surface area contributed by atoms with E-state index in [0.717, 1.165) is 17.5 Å². The predicted octanol–water partition coefficient (Wildman–Crippen LogP) is 2.33. The molecule has 0 bridgehead atoms. The van der Waals surface area contributed by atoms with Crippen molar-refractivity contribution in [2.45, 2.75) is 25.6 Å². The Labute approximate surface area is 92.8 Å². The highest BCUT2D eigenvalue weighted by Crippen LogP contribution is 2.14. The normalized spacial score (nSPS) is 26.7. The molecule has 1 saturated heterocycles. The van der Waals surface area contributed by atoms with Crippen LogP contribution in [0.15, 0.2) is 28.7 Å². The van der Waals surface area contributed by atoms with E-state index in [1.165, 1.54) is 5.56 Å². The molecule has 0 aromatic heterocycles. The van der Waals surface area contributed by atoms with E-state index < -0.39 is 0 Å². The molecular formula is C11H14BrNO. The number of hydrogen-bond donors (Lipinski definition) is 1. The maximum atomic E-state index is 5.58. The van der Waals surface area contributed by atoms with E-state index in [0.29, 0.717) is 6.04 Å². The third-order valence-corrected chi connectivity index (χ3v) is 2.88. The molecule has 2 atom stereocenters. The highest BCUT2D eigenvalue weighted by Gasteiger charge is 2.20. The van der Waals surface area contributed by atoms with Crippen LogP contribution in [0.1, 0.15) is 12.5 Å². The second kappa shape index (κ2) is 4.43. The molecule has 0 saturated carbocycles. The maximum absolute atomic E-state index is 5.58. The van der Waals surface area contributed by atoms with Crippen molar-refractivity contribution in [3.8, 4) is 0 Å². The van der Waals surface area contributed by atoms with Crippen LogP contribution in [0.25, 0.3) is 0 Å². The fourth-order valence-corrected chi connectivity index (χ4v) is 1.89. The molecule has 2 unspecified atom stereocenters. The van der Waals surface area contributed by atoms with E-state index in [1.807, 2.05) is 0 Å². The van der Waals surface area contributed by atoms with Crippen LogP contribution in [0, 0.1) is 0 Å². The van der Waals surface area contributed by atoms with Crippen molar-refractivity contribution >= 4 is 15.9 Å². The fourth-order valence-electron chi connectivity index (χ4n) is 1.63. The topological polar surface area (TPSA) is 21.3 Å². The van der Waals surface area contributed by atoms with Crippen LogP contribution in [0.3, 0.4) is 0 Å². The Kier molecular flexibility index (Phi) is 3.21. The minimum Gasteiger partial charge on any atom is -0.361 e. The summed E-state index contributed by atoms with van der Waals surface area (Å²) in [5.74, 6) is 0. The van der Waals surface area contributed by atoms with Gasteiger partial charge >= 0.3 is 0 Å². The predicted molar refractivity (Wildman–Crippen MR) is 60.2 cm³/mol. The van der Waals surface area contributed by atoms with Crippen molar-refractivity contribution in [1.82, 2.24) is 5.32 Å². The van der Waals surface area contributed by atoms with E-state index in [-0.39, 0.29) is 6.23 Å². The van der Waals surface area contributed by atoms with Crippen molar-refractivity contribution in [2.24, 2.45) is 0 Å². The molecule has 0 aliphatic carbocycles.